The first-order valence-electron chi connectivity index (χ1n) is 10.8. The summed E-state index contributed by atoms with van der Waals surface area (Å²) in [6.45, 7) is 5.59. The lowest BCUT2D eigenvalue weighted by atomic mass is 9.73. The van der Waals surface area contributed by atoms with E-state index in [0.29, 0.717) is 18.4 Å². The van der Waals surface area contributed by atoms with Crippen LogP contribution in [0.1, 0.15) is 65.3 Å². The lowest BCUT2D eigenvalue weighted by molar-refractivity contribution is -0.121. The maximum atomic E-state index is 12.5. The molecule has 3 nitrogen and oxygen atoms in total. The molecule has 1 saturated heterocycles. The number of hydrogen-bond acceptors (Lipinski definition) is 3. The summed E-state index contributed by atoms with van der Waals surface area (Å²) in [5.41, 5.74) is 3.25. The largest absolute Gasteiger partial charge is 0.353 e. The number of amides is 1. The third kappa shape index (κ3) is 3.65. The molecule has 4 heteroatoms. The van der Waals surface area contributed by atoms with Gasteiger partial charge in [-0.05, 0) is 86.7 Å². The van der Waals surface area contributed by atoms with Crippen LogP contribution in [0.4, 0.5) is 0 Å². The quantitative estimate of drug-likeness (QED) is 0.794. The van der Waals surface area contributed by atoms with E-state index >= 15 is 0 Å². The molecule has 0 radical (unpaired) electrons. The molecular formula is C24H30N2OS. The zero-order valence-corrected chi connectivity index (χ0v) is 17.6. The van der Waals surface area contributed by atoms with E-state index in [1.807, 2.05) is 11.3 Å². The highest BCUT2D eigenvalue weighted by Gasteiger charge is 2.45. The number of carbonyl (C=O) groups is 1. The van der Waals surface area contributed by atoms with Gasteiger partial charge in [-0.25, -0.2) is 0 Å². The van der Waals surface area contributed by atoms with Crippen molar-refractivity contribution >= 4 is 17.2 Å². The van der Waals surface area contributed by atoms with Crippen molar-refractivity contribution < 1.29 is 4.79 Å². The monoisotopic (exact) mass is 394 g/mol. The molecule has 1 aromatic carbocycles. The van der Waals surface area contributed by atoms with Crippen LogP contribution < -0.4 is 5.32 Å². The molecule has 1 aliphatic heterocycles. The molecule has 148 valence electrons. The van der Waals surface area contributed by atoms with Crippen LogP contribution in [0.3, 0.4) is 0 Å². The maximum Gasteiger partial charge on any atom is 0.220 e. The molecule has 1 N–H and O–H groups in total. The number of piperidine rings is 1. The molecule has 1 amide bonds. The van der Waals surface area contributed by atoms with Gasteiger partial charge in [0.2, 0.25) is 5.91 Å². The molecule has 1 atom stereocenters. The van der Waals surface area contributed by atoms with Gasteiger partial charge in [0.1, 0.15) is 0 Å². The lowest BCUT2D eigenvalue weighted by Crippen LogP contribution is -2.41. The zero-order valence-electron chi connectivity index (χ0n) is 16.7. The van der Waals surface area contributed by atoms with Gasteiger partial charge in [0.25, 0.3) is 0 Å². The lowest BCUT2D eigenvalue weighted by Gasteiger charge is -2.40. The van der Waals surface area contributed by atoms with Gasteiger partial charge in [0, 0.05) is 28.8 Å². The van der Waals surface area contributed by atoms with Gasteiger partial charge in [0.05, 0.1) is 0 Å². The summed E-state index contributed by atoms with van der Waals surface area (Å²) in [7, 11) is 0. The Morgan fingerprint density at radius 3 is 2.68 bits per heavy atom. The Morgan fingerprint density at radius 1 is 1.18 bits per heavy atom. The molecular weight excluding hydrogens is 364 g/mol. The van der Waals surface area contributed by atoms with Crippen molar-refractivity contribution in [3.8, 4) is 0 Å². The average Bonchev–Trinajstić information content (AvgIpc) is 3.33. The minimum atomic E-state index is 0.254. The number of rotatable bonds is 5. The Kier molecular flexibility index (Phi) is 4.80. The average molecular weight is 395 g/mol. The molecule has 2 heterocycles. The van der Waals surface area contributed by atoms with Gasteiger partial charge < -0.3 is 5.32 Å². The highest BCUT2D eigenvalue weighted by Crippen LogP contribution is 2.52. The smallest absolute Gasteiger partial charge is 0.220 e. The van der Waals surface area contributed by atoms with E-state index in [1.165, 1.54) is 33.7 Å². The number of nitrogens with one attached hydrogen (secondary N) is 1. The fourth-order valence-electron chi connectivity index (χ4n) is 5.35. The molecule has 1 saturated carbocycles. The third-order valence-electron chi connectivity index (χ3n) is 6.97. The second kappa shape index (κ2) is 7.31. The van der Waals surface area contributed by atoms with Crippen LogP contribution in [0.2, 0.25) is 0 Å². The van der Waals surface area contributed by atoms with Gasteiger partial charge in [-0.15, -0.1) is 11.3 Å². The first-order valence-corrected chi connectivity index (χ1v) is 11.6. The van der Waals surface area contributed by atoms with Crippen molar-refractivity contribution in [2.24, 2.45) is 0 Å². The summed E-state index contributed by atoms with van der Waals surface area (Å²) in [5.74, 6) is 0.645. The molecule has 0 bridgehead atoms. The highest BCUT2D eigenvalue weighted by atomic mass is 32.1. The van der Waals surface area contributed by atoms with Crippen LogP contribution in [-0.4, -0.2) is 29.9 Å². The number of likely N-dealkylation sites (tertiary alicyclic amines) is 1. The number of thiophene rings is 1. The summed E-state index contributed by atoms with van der Waals surface area (Å²) in [4.78, 5) is 18.0. The Bertz CT molecular complexity index is 861. The minimum Gasteiger partial charge on any atom is -0.353 e. The van der Waals surface area contributed by atoms with E-state index in [4.69, 9.17) is 0 Å². The van der Waals surface area contributed by atoms with Gasteiger partial charge in [-0.3, -0.25) is 9.69 Å². The van der Waals surface area contributed by atoms with Crippen molar-refractivity contribution in [3.05, 3.63) is 57.3 Å². The topological polar surface area (TPSA) is 32.3 Å². The SMILES string of the molecule is Cc1ccc(CN2CCC3(CC2)C[C@H](CC(=O)NC2CC2)c2ccccc23)s1. The van der Waals surface area contributed by atoms with Gasteiger partial charge in [0.15, 0.2) is 0 Å². The molecule has 28 heavy (non-hydrogen) atoms. The molecule has 2 fully saturated rings. The standard InChI is InChI=1S/C24H30N2OS/c1-17-6-9-20(28-17)16-26-12-10-24(11-13-26)15-18(14-23(27)25-19-7-8-19)21-4-2-3-5-22(21)24/h2-6,9,18-19H,7-8,10-16H2,1H3,(H,25,27)/t18-/m0/s1. The van der Waals surface area contributed by atoms with E-state index in [1.54, 1.807) is 0 Å². The summed E-state index contributed by atoms with van der Waals surface area (Å²) in [5, 5.41) is 3.19. The fraction of sp³-hybridized carbons (Fsp3) is 0.542. The van der Waals surface area contributed by atoms with Crippen molar-refractivity contribution in [3.63, 3.8) is 0 Å². The molecule has 3 aliphatic rings. The van der Waals surface area contributed by atoms with E-state index in [9.17, 15) is 4.79 Å². The maximum absolute atomic E-state index is 12.5. The van der Waals surface area contributed by atoms with Gasteiger partial charge in [-0.2, -0.15) is 0 Å². The Morgan fingerprint density at radius 2 is 1.96 bits per heavy atom. The van der Waals surface area contributed by atoms with Crippen LogP contribution >= 0.6 is 11.3 Å². The summed E-state index contributed by atoms with van der Waals surface area (Å²) in [6, 6.07) is 13.9. The zero-order chi connectivity index (χ0) is 19.1. The van der Waals surface area contributed by atoms with Gasteiger partial charge >= 0.3 is 0 Å². The number of benzene rings is 1. The molecule has 0 unspecified atom stereocenters. The van der Waals surface area contributed by atoms with E-state index in [2.05, 4.69) is 53.5 Å². The van der Waals surface area contributed by atoms with Crippen molar-refractivity contribution in [2.45, 2.75) is 69.4 Å². The predicted octanol–water partition coefficient (Wildman–Crippen LogP) is 4.75. The van der Waals surface area contributed by atoms with Crippen molar-refractivity contribution in [1.82, 2.24) is 10.2 Å². The minimum absolute atomic E-state index is 0.254. The van der Waals surface area contributed by atoms with E-state index in [-0.39, 0.29) is 11.3 Å². The van der Waals surface area contributed by atoms with Gasteiger partial charge in [-0.1, -0.05) is 24.3 Å². The molecule has 5 rings (SSSR count). The first kappa shape index (κ1) is 18.4. The second-order valence-electron chi connectivity index (χ2n) is 9.10. The van der Waals surface area contributed by atoms with Crippen LogP contribution in [0, 0.1) is 6.92 Å². The van der Waals surface area contributed by atoms with E-state index < -0.39 is 0 Å². The van der Waals surface area contributed by atoms with Crippen LogP contribution in [0.15, 0.2) is 36.4 Å². The van der Waals surface area contributed by atoms with Crippen LogP contribution in [-0.2, 0) is 16.8 Å². The molecule has 1 aromatic heterocycles. The van der Waals surface area contributed by atoms with Crippen LogP contribution in [0.5, 0.6) is 0 Å². The first-order chi connectivity index (χ1) is 13.6. The fourth-order valence-corrected chi connectivity index (χ4v) is 6.28. The Balaban J connectivity index is 1.28. The second-order valence-corrected chi connectivity index (χ2v) is 10.5. The summed E-state index contributed by atoms with van der Waals surface area (Å²) in [6.07, 6.45) is 6.57. The summed E-state index contributed by atoms with van der Waals surface area (Å²) < 4.78 is 0. The number of hydrogen-bond donors (Lipinski definition) is 1. The summed E-state index contributed by atoms with van der Waals surface area (Å²) >= 11 is 1.92. The van der Waals surface area contributed by atoms with Crippen LogP contribution in [0.25, 0.3) is 0 Å². The number of fused-ring (bicyclic) bond motifs is 2. The van der Waals surface area contributed by atoms with Crippen molar-refractivity contribution in [1.29, 1.82) is 0 Å². The predicted molar refractivity (Wildman–Crippen MR) is 115 cm³/mol. The Labute approximate surface area is 172 Å². The molecule has 2 aliphatic carbocycles. The Hall–Kier alpha value is -1.65. The highest BCUT2D eigenvalue weighted by molar-refractivity contribution is 7.11. The number of carbonyl (C=O) groups excluding carboxylic acids is 1. The molecule has 2 aromatic rings. The van der Waals surface area contributed by atoms with E-state index in [0.717, 1.165) is 38.9 Å². The third-order valence-corrected chi connectivity index (χ3v) is 7.96. The normalized spacial score (nSPS) is 23.7. The number of aryl methyl sites for hydroxylation is 1. The molecule has 1 spiro atoms. The number of nitrogens with zero attached hydrogens (tertiary/aromatic N) is 1. The van der Waals surface area contributed by atoms with Crippen molar-refractivity contribution in [2.75, 3.05) is 13.1 Å².